The minimum atomic E-state index is -0.164. The molecule has 1 aromatic heterocycles. The first-order valence-electron chi connectivity index (χ1n) is 5.20. The van der Waals surface area contributed by atoms with Crippen molar-refractivity contribution in [1.82, 2.24) is 15.8 Å². The number of nitrogens with zero attached hydrogens (tertiary/aromatic N) is 1. The third kappa shape index (κ3) is 3.21. The lowest BCUT2D eigenvalue weighted by atomic mass is 10.1. The first-order chi connectivity index (χ1) is 7.25. The predicted molar refractivity (Wildman–Crippen MR) is 61.8 cm³/mol. The summed E-state index contributed by atoms with van der Waals surface area (Å²) in [5, 5.41) is 9.86. The van der Waals surface area contributed by atoms with Gasteiger partial charge in [0, 0.05) is 12.1 Å². The highest BCUT2D eigenvalue weighted by Crippen LogP contribution is 2.06. The lowest BCUT2D eigenvalue weighted by Crippen LogP contribution is -2.42. The van der Waals surface area contributed by atoms with E-state index in [2.05, 4.69) is 15.8 Å². The number of carbonyl (C=O) groups is 1. The summed E-state index contributed by atoms with van der Waals surface area (Å²) in [7, 11) is 0. The number of carbonyl (C=O) groups excluding carboxylic acids is 1. The zero-order chi connectivity index (χ0) is 10.7. The standard InChI is InChI=1S/C10H15N3O2.ClH/c1-7-6-9(15-13-7)10(14)12-8-2-4-11-5-3-8;/h6,8,11H,2-5H2,1H3,(H,12,14);1H. The minimum absolute atomic E-state index is 0. The third-order valence-corrected chi connectivity index (χ3v) is 2.53. The smallest absolute Gasteiger partial charge is 0.290 e. The molecule has 1 aromatic rings. The Morgan fingerprint density at radius 2 is 2.25 bits per heavy atom. The molecule has 0 aromatic carbocycles. The summed E-state index contributed by atoms with van der Waals surface area (Å²) < 4.78 is 4.89. The Hall–Kier alpha value is -1.07. The van der Waals surface area contributed by atoms with Crippen molar-refractivity contribution in [2.45, 2.75) is 25.8 Å². The average Bonchev–Trinajstić information content (AvgIpc) is 2.66. The van der Waals surface area contributed by atoms with Crippen LogP contribution in [0.5, 0.6) is 0 Å². The molecule has 0 aliphatic carbocycles. The number of rotatable bonds is 2. The lowest BCUT2D eigenvalue weighted by Gasteiger charge is -2.22. The maximum Gasteiger partial charge on any atom is 0.290 e. The molecule has 2 N–H and O–H groups in total. The van der Waals surface area contributed by atoms with Crippen LogP contribution in [0, 0.1) is 6.92 Å². The summed E-state index contributed by atoms with van der Waals surface area (Å²) in [6, 6.07) is 1.90. The molecule has 2 rings (SSSR count). The number of hydrogen-bond acceptors (Lipinski definition) is 4. The van der Waals surface area contributed by atoms with Crippen LogP contribution < -0.4 is 10.6 Å². The van der Waals surface area contributed by atoms with Gasteiger partial charge in [0.05, 0.1) is 5.69 Å². The van der Waals surface area contributed by atoms with E-state index in [1.54, 1.807) is 13.0 Å². The van der Waals surface area contributed by atoms with Crippen LogP contribution in [0.2, 0.25) is 0 Å². The molecule has 0 spiro atoms. The summed E-state index contributed by atoms with van der Waals surface area (Å²) in [6.45, 7) is 3.71. The van der Waals surface area contributed by atoms with Crippen LogP contribution in [0.1, 0.15) is 29.1 Å². The zero-order valence-electron chi connectivity index (χ0n) is 9.16. The molecule has 0 saturated carbocycles. The number of nitrogens with one attached hydrogen (secondary N) is 2. The largest absolute Gasteiger partial charge is 0.351 e. The second-order valence-electron chi connectivity index (χ2n) is 3.83. The van der Waals surface area contributed by atoms with Gasteiger partial charge in [-0.15, -0.1) is 12.4 Å². The normalized spacial score (nSPS) is 16.6. The van der Waals surface area contributed by atoms with Gasteiger partial charge < -0.3 is 15.2 Å². The van der Waals surface area contributed by atoms with E-state index < -0.39 is 0 Å². The number of halogens is 1. The third-order valence-electron chi connectivity index (χ3n) is 2.53. The zero-order valence-corrected chi connectivity index (χ0v) is 9.97. The topological polar surface area (TPSA) is 67.2 Å². The first kappa shape index (κ1) is 13.0. The fourth-order valence-corrected chi connectivity index (χ4v) is 1.69. The van der Waals surface area contributed by atoms with Gasteiger partial charge in [-0.2, -0.15) is 0 Å². The van der Waals surface area contributed by atoms with Crippen LogP contribution in [0.15, 0.2) is 10.6 Å². The molecule has 2 heterocycles. The highest BCUT2D eigenvalue weighted by molar-refractivity contribution is 5.91. The van der Waals surface area contributed by atoms with E-state index >= 15 is 0 Å². The molecule has 1 aliphatic heterocycles. The van der Waals surface area contributed by atoms with Gasteiger partial charge in [-0.05, 0) is 32.9 Å². The van der Waals surface area contributed by atoms with E-state index in [4.69, 9.17) is 4.52 Å². The van der Waals surface area contributed by atoms with Gasteiger partial charge in [0.25, 0.3) is 5.91 Å². The molecular weight excluding hydrogens is 230 g/mol. The van der Waals surface area contributed by atoms with Crippen molar-refractivity contribution in [2.24, 2.45) is 0 Å². The van der Waals surface area contributed by atoms with Crippen molar-refractivity contribution in [1.29, 1.82) is 0 Å². The fraction of sp³-hybridized carbons (Fsp3) is 0.600. The van der Waals surface area contributed by atoms with E-state index in [-0.39, 0.29) is 24.4 Å². The number of hydrogen-bond donors (Lipinski definition) is 2. The van der Waals surface area contributed by atoms with E-state index in [1.165, 1.54) is 0 Å². The van der Waals surface area contributed by atoms with Crippen molar-refractivity contribution in [2.75, 3.05) is 13.1 Å². The first-order valence-corrected chi connectivity index (χ1v) is 5.20. The number of piperidine rings is 1. The summed E-state index contributed by atoms with van der Waals surface area (Å²) in [5.74, 6) is 0.133. The van der Waals surface area contributed by atoms with Crippen molar-refractivity contribution in [3.63, 3.8) is 0 Å². The van der Waals surface area contributed by atoms with Crippen molar-refractivity contribution < 1.29 is 9.32 Å². The SMILES string of the molecule is Cc1cc(C(=O)NC2CCNCC2)on1.Cl. The predicted octanol–water partition coefficient (Wildman–Crippen LogP) is 0.887. The van der Waals surface area contributed by atoms with E-state index in [1.807, 2.05) is 0 Å². The highest BCUT2D eigenvalue weighted by atomic mass is 35.5. The molecule has 0 bridgehead atoms. The Morgan fingerprint density at radius 1 is 1.56 bits per heavy atom. The summed E-state index contributed by atoms with van der Waals surface area (Å²) in [6.07, 6.45) is 1.94. The quantitative estimate of drug-likeness (QED) is 0.812. The lowest BCUT2D eigenvalue weighted by molar-refractivity contribution is 0.0892. The van der Waals surface area contributed by atoms with E-state index in [0.29, 0.717) is 5.76 Å². The van der Waals surface area contributed by atoms with Gasteiger partial charge in [0.1, 0.15) is 0 Å². The van der Waals surface area contributed by atoms with Crippen LogP contribution in [0.4, 0.5) is 0 Å². The minimum Gasteiger partial charge on any atom is -0.351 e. The van der Waals surface area contributed by atoms with Gasteiger partial charge in [-0.1, -0.05) is 5.16 Å². The van der Waals surface area contributed by atoms with Crippen LogP contribution in [0.25, 0.3) is 0 Å². The van der Waals surface area contributed by atoms with Crippen molar-refractivity contribution in [3.8, 4) is 0 Å². The maximum absolute atomic E-state index is 11.7. The van der Waals surface area contributed by atoms with Gasteiger partial charge in [0.15, 0.2) is 0 Å². The van der Waals surface area contributed by atoms with E-state index in [9.17, 15) is 4.79 Å². The van der Waals surface area contributed by atoms with E-state index in [0.717, 1.165) is 31.6 Å². The molecule has 5 nitrogen and oxygen atoms in total. The van der Waals surface area contributed by atoms with Gasteiger partial charge in [-0.25, -0.2) is 0 Å². The highest BCUT2D eigenvalue weighted by Gasteiger charge is 2.18. The average molecular weight is 246 g/mol. The van der Waals surface area contributed by atoms with Gasteiger partial charge in [-0.3, -0.25) is 4.79 Å². The second kappa shape index (κ2) is 5.86. The molecule has 0 unspecified atom stereocenters. The van der Waals surface area contributed by atoms with Crippen LogP contribution >= 0.6 is 12.4 Å². The van der Waals surface area contributed by atoms with Crippen LogP contribution in [0.3, 0.4) is 0 Å². The molecular formula is C10H16ClN3O2. The Balaban J connectivity index is 0.00000128. The molecule has 16 heavy (non-hydrogen) atoms. The molecule has 1 amide bonds. The molecule has 1 saturated heterocycles. The number of aryl methyl sites for hydroxylation is 1. The molecule has 0 radical (unpaired) electrons. The van der Waals surface area contributed by atoms with Crippen LogP contribution in [-0.4, -0.2) is 30.2 Å². The Kier molecular flexibility index (Phi) is 4.76. The van der Waals surface area contributed by atoms with Gasteiger partial charge in [0.2, 0.25) is 5.76 Å². The molecule has 90 valence electrons. The number of amides is 1. The Morgan fingerprint density at radius 3 is 2.81 bits per heavy atom. The summed E-state index contributed by atoms with van der Waals surface area (Å²) in [4.78, 5) is 11.7. The molecule has 1 aliphatic rings. The molecule has 1 fully saturated rings. The monoisotopic (exact) mass is 245 g/mol. The molecule has 0 atom stereocenters. The summed E-state index contributed by atoms with van der Waals surface area (Å²) in [5.41, 5.74) is 0.727. The Bertz CT molecular complexity index is 348. The maximum atomic E-state index is 11.7. The Labute approximate surface area is 100 Å². The van der Waals surface area contributed by atoms with Crippen LogP contribution in [-0.2, 0) is 0 Å². The fourth-order valence-electron chi connectivity index (χ4n) is 1.69. The second-order valence-corrected chi connectivity index (χ2v) is 3.83. The van der Waals surface area contributed by atoms with Crippen molar-refractivity contribution >= 4 is 18.3 Å². The summed E-state index contributed by atoms with van der Waals surface area (Å²) >= 11 is 0. The van der Waals surface area contributed by atoms with Gasteiger partial charge >= 0.3 is 0 Å². The van der Waals surface area contributed by atoms with Crippen molar-refractivity contribution in [3.05, 3.63) is 17.5 Å². The number of aromatic nitrogens is 1. The molecule has 6 heteroatoms.